The topological polar surface area (TPSA) is 144 Å². The molecule has 1 N–H and O–H groups in total. The minimum absolute atomic E-state index is 0.0748. The second-order valence-electron chi connectivity index (χ2n) is 13.3. The Morgan fingerprint density at radius 1 is 1.19 bits per heavy atom. The number of hydrogen-bond acceptors (Lipinski definition) is 8. The summed E-state index contributed by atoms with van der Waals surface area (Å²) < 4.78 is 29.5. The van der Waals surface area contributed by atoms with Crippen LogP contribution in [0.25, 0.3) is 5.69 Å². The van der Waals surface area contributed by atoms with Gasteiger partial charge in [-0.05, 0) is 61.8 Å². The van der Waals surface area contributed by atoms with Crippen molar-refractivity contribution < 1.29 is 33.2 Å². The summed E-state index contributed by atoms with van der Waals surface area (Å²) in [4.78, 5) is 55.4. The van der Waals surface area contributed by atoms with Crippen LogP contribution in [0.15, 0.2) is 65.6 Å². The zero-order valence-electron chi connectivity index (χ0n) is 27.3. The summed E-state index contributed by atoms with van der Waals surface area (Å²) >= 11 is 0. The maximum Gasteiger partial charge on any atom is 0.297 e. The Hall–Kier alpha value is -4.40. The summed E-state index contributed by atoms with van der Waals surface area (Å²) in [6, 6.07) is 14.2. The molecule has 0 bridgehead atoms. The Balaban J connectivity index is 1.37. The number of halogens is 1. The van der Waals surface area contributed by atoms with Gasteiger partial charge in [-0.25, -0.2) is 0 Å². The van der Waals surface area contributed by atoms with Gasteiger partial charge in [0.25, 0.3) is 17.2 Å². The summed E-state index contributed by atoms with van der Waals surface area (Å²) in [7, 11) is -2.17. The third kappa shape index (κ3) is 5.50. The summed E-state index contributed by atoms with van der Waals surface area (Å²) in [6.45, 7) is 5.17. The smallest absolute Gasteiger partial charge is 0.297 e. The molecule has 3 aliphatic rings. The normalized spacial score (nSPS) is 25.2. The van der Waals surface area contributed by atoms with Gasteiger partial charge in [0.05, 0.1) is 49.4 Å². The number of fused-ring (bicyclic) bond motifs is 2. The number of likely N-dealkylation sites (tertiary alicyclic amines) is 1. The predicted octanol–water partition coefficient (Wildman–Crippen LogP) is 4.45. The molecular formula is C34H39FN4O8Si. The van der Waals surface area contributed by atoms with Crippen molar-refractivity contribution in [2.45, 2.75) is 69.1 Å². The molecule has 5 atom stereocenters. The Morgan fingerprint density at radius 2 is 1.92 bits per heavy atom. The van der Waals surface area contributed by atoms with Crippen LogP contribution in [-0.2, 0) is 26.5 Å². The molecule has 3 aromatic rings. The maximum atomic E-state index is 16.2. The predicted molar refractivity (Wildman–Crippen MR) is 177 cm³/mol. The molecule has 2 fully saturated rings. The second-order valence-corrected chi connectivity index (χ2v) is 17.1. The van der Waals surface area contributed by atoms with Gasteiger partial charge < -0.3 is 28.5 Å². The van der Waals surface area contributed by atoms with Crippen LogP contribution in [0, 0.1) is 16.0 Å². The molecule has 0 radical (unpaired) electrons. The number of benzene rings is 2. The number of carbonyl (C=O) groups excluding carboxylic acids is 2. The molecule has 0 aliphatic carbocycles. The lowest BCUT2D eigenvalue weighted by atomic mass is 9.82. The van der Waals surface area contributed by atoms with Crippen molar-refractivity contribution in [2.75, 3.05) is 25.2 Å². The van der Waals surface area contributed by atoms with Gasteiger partial charge in [0.15, 0.2) is 11.4 Å². The molecule has 3 aliphatic heterocycles. The molecule has 1 spiro atoms. The number of ether oxygens (including phenoxy) is 2. The van der Waals surface area contributed by atoms with E-state index < -0.39 is 42.4 Å². The van der Waals surface area contributed by atoms with E-state index in [4.69, 9.17) is 9.47 Å². The Labute approximate surface area is 278 Å². The third-order valence-corrected chi connectivity index (χ3v) is 12.6. The van der Waals surface area contributed by atoms with Crippen molar-refractivity contribution in [1.82, 2.24) is 9.47 Å². The molecule has 254 valence electrons. The SMILES string of the molecule is COc1cccn(-c2ccc(CN3C(=O)[C@]4(O[C@H](CC(=O)N5CCC[C@H]5CO)[C@@H]([Si](C)(C)F)[C@@H]4C)c4cc([N+](=O)[O-])ccc43)cc2)c1=O. The lowest BCUT2D eigenvalue weighted by Crippen LogP contribution is -2.45. The lowest BCUT2D eigenvalue weighted by molar-refractivity contribution is -0.385. The number of aliphatic hydroxyl groups is 1. The zero-order chi connectivity index (χ0) is 34.5. The minimum atomic E-state index is -3.59. The van der Waals surface area contributed by atoms with E-state index in [0.717, 1.165) is 6.42 Å². The van der Waals surface area contributed by atoms with E-state index in [1.54, 1.807) is 54.4 Å². The fourth-order valence-electron chi connectivity index (χ4n) is 7.93. The first kappa shape index (κ1) is 33.5. The molecule has 6 rings (SSSR count). The number of anilines is 1. The summed E-state index contributed by atoms with van der Waals surface area (Å²) in [5, 5.41) is 21.7. The average Bonchev–Trinajstić information content (AvgIpc) is 3.71. The summed E-state index contributed by atoms with van der Waals surface area (Å²) in [5.41, 5.74) is -1.09. The van der Waals surface area contributed by atoms with E-state index >= 15 is 4.11 Å². The van der Waals surface area contributed by atoms with Crippen molar-refractivity contribution in [3.05, 3.63) is 92.4 Å². The number of nitro groups is 1. The standard InChI is InChI=1S/C34H39FN4O8Si/c1-21-31(48(3,4)35)29(18-30(41)36-15-5-7-25(36)20-40)47-34(21)26-17-24(39(44)45)13-14-27(26)38(33(34)43)19-22-9-11-23(12-10-22)37-16-6-8-28(46-2)32(37)42/h6,8-14,16-17,21,25,29,31,40H,5,7,15,18-20H2,1-4H3/t21-,25-,29+,31-,34+/m0/s1. The van der Waals surface area contributed by atoms with E-state index in [1.807, 2.05) is 0 Å². The number of carbonyl (C=O) groups is 2. The fourth-order valence-corrected chi connectivity index (χ4v) is 10.4. The molecule has 2 amide bonds. The van der Waals surface area contributed by atoms with E-state index in [-0.39, 0.29) is 54.1 Å². The number of methoxy groups -OCH3 is 1. The number of nitrogens with zero attached hydrogens (tertiary/aromatic N) is 4. The van der Waals surface area contributed by atoms with Crippen LogP contribution in [0.1, 0.15) is 37.3 Å². The Morgan fingerprint density at radius 3 is 2.56 bits per heavy atom. The highest BCUT2D eigenvalue weighted by molar-refractivity contribution is 6.72. The van der Waals surface area contributed by atoms with Gasteiger partial charge in [0, 0.05) is 47.6 Å². The third-order valence-electron chi connectivity index (χ3n) is 10.1. The highest BCUT2D eigenvalue weighted by Crippen LogP contribution is 2.60. The highest BCUT2D eigenvalue weighted by Gasteiger charge is 2.67. The van der Waals surface area contributed by atoms with Crippen LogP contribution in [0.4, 0.5) is 15.5 Å². The number of non-ortho nitro benzene ring substituents is 1. The molecule has 0 saturated carbocycles. The van der Waals surface area contributed by atoms with Crippen LogP contribution in [0.2, 0.25) is 18.6 Å². The van der Waals surface area contributed by atoms with Gasteiger partial charge in [0.1, 0.15) is 0 Å². The first-order valence-corrected chi connectivity index (χ1v) is 19.0. The van der Waals surface area contributed by atoms with Crippen LogP contribution in [0.3, 0.4) is 0 Å². The largest absolute Gasteiger partial charge is 0.491 e. The first-order valence-electron chi connectivity index (χ1n) is 16.0. The number of aliphatic hydroxyl groups excluding tert-OH is 1. The van der Waals surface area contributed by atoms with Crippen molar-refractivity contribution in [3.8, 4) is 11.4 Å². The van der Waals surface area contributed by atoms with Crippen molar-refractivity contribution in [1.29, 1.82) is 0 Å². The zero-order valence-corrected chi connectivity index (χ0v) is 28.3. The number of pyridine rings is 1. The number of aromatic nitrogens is 1. The van der Waals surface area contributed by atoms with E-state index in [0.29, 0.717) is 29.9 Å². The average molecular weight is 679 g/mol. The lowest BCUT2D eigenvalue weighted by Gasteiger charge is -2.31. The minimum Gasteiger partial charge on any atom is -0.491 e. The second kappa shape index (κ2) is 12.6. The monoisotopic (exact) mass is 678 g/mol. The maximum absolute atomic E-state index is 16.2. The van der Waals surface area contributed by atoms with E-state index in [1.165, 1.54) is 47.9 Å². The molecule has 1 aromatic heterocycles. The summed E-state index contributed by atoms with van der Waals surface area (Å²) in [5.74, 6) is -1.31. The number of hydrogen-bond donors (Lipinski definition) is 1. The molecule has 2 aromatic carbocycles. The van der Waals surface area contributed by atoms with Gasteiger partial charge in [-0.3, -0.25) is 29.1 Å². The fraction of sp³-hybridized carbons (Fsp3) is 0.441. The van der Waals surface area contributed by atoms with Gasteiger partial charge >= 0.3 is 0 Å². The van der Waals surface area contributed by atoms with Crippen molar-refractivity contribution in [3.63, 3.8) is 0 Å². The van der Waals surface area contributed by atoms with E-state index in [9.17, 15) is 29.6 Å². The summed E-state index contributed by atoms with van der Waals surface area (Å²) in [6.07, 6.45) is 1.92. The Bertz CT molecular complexity index is 1810. The van der Waals surface area contributed by atoms with Crippen LogP contribution >= 0.6 is 0 Å². The van der Waals surface area contributed by atoms with Gasteiger partial charge in [-0.15, -0.1) is 0 Å². The van der Waals surface area contributed by atoms with Crippen molar-refractivity contribution >= 4 is 31.6 Å². The molecule has 0 unspecified atom stereocenters. The van der Waals surface area contributed by atoms with Gasteiger partial charge in [0.2, 0.25) is 14.3 Å². The molecule has 12 nitrogen and oxygen atoms in total. The van der Waals surface area contributed by atoms with Crippen LogP contribution in [0.5, 0.6) is 5.75 Å². The molecular weight excluding hydrogens is 639 g/mol. The van der Waals surface area contributed by atoms with Crippen LogP contribution in [-0.4, -0.2) is 72.1 Å². The molecule has 48 heavy (non-hydrogen) atoms. The van der Waals surface area contributed by atoms with E-state index in [2.05, 4.69) is 0 Å². The molecule has 2 saturated heterocycles. The quantitative estimate of drug-likeness (QED) is 0.151. The van der Waals surface area contributed by atoms with Crippen LogP contribution < -0.4 is 15.2 Å². The molecule has 14 heteroatoms. The number of rotatable bonds is 9. The molecule has 4 heterocycles. The number of nitro benzene ring substituents is 1. The van der Waals surface area contributed by atoms with Gasteiger partial charge in [-0.2, -0.15) is 0 Å². The highest BCUT2D eigenvalue weighted by atomic mass is 28.4. The number of amides is 2. The van der Waals surface area contributed by atoms with Gasteiger partial charge in [-0.1, -0.05) is 19.1 Å². The van der Waals surface area contributed by atoms with Crippen molar-refractivity contribution in [2.24, 2.45) is 5.92 Å². The first-order chi connectivity index (χ1) is 22.8. The Kier molecular flexibility index (Phi) is 8.77.